The molecule has 0 saturated carbocycles. The van der Waals surface area contributed by atoms with Gasteiger partial charge >= 0.3 is 17.9 Å². The third-order valence-electron chi connectivity index (χ3n) is 15.5. The summed E-state index contributed by atoms with van der Waals surface area (Å²) in [7, 11) is 0. The van der Waals surface area contributed by atoms with E-state index in [0.717, 1.165) is 83.5 Å². The van der Waals surface area contributed by atoms with Crippen molar-refractivity contribution in [3.05, 3.63) is 60.8 Å². The molecule has 79 heavy (non-hydrogen) atoms. The molecular formula is C73H132O6. The standard InChI is InChI=1S/C73H132O6/c1-4-7-10-13-16-19-22-25-28-31-33-34-35-36-37-38-40-42-45-48-51-54-57-60-63-66-72(75)78-69-70(68-77-71(74)65-62-59-56-53-50-47-44-41-30-27-24-21-18-15-12-9-6-3)79-73(76)67-64-61-58-55-52-49-46-43-39-32-29-26-23-20-17-14-11-8-5-2/h17,20,22,25-26,29,31,33,39,43,70H,4-16,18-19,21,23-24,27-28,30,32,34-38,40-42,44-69H2,1-3H3/b20-17-,25-22-,29-26-,33-31-,43-39-. The summed E-state index contributed by atoms with van der Waals surface area (Å²) in [6.07, 6.45) is 86.6. The summed E-state index contributed by atoms with van der Waals surface area (Å²) in [6.45, 7) is 6.65. The van der Waals surface area contributed by atoms with E-state index in [1.807, 2.05) is 0 Å². The Hall–Kier alpha value is -2.89. The Morgan fingerprint density at radius 1 is 0.253 bits per heavy atom. The molecule has 0 spiro atoms. The first-order chi connectivity index (χ1) is 39.0. The zero-order valence-electron chi connectivity index (χ0n) is 52.9. The second-order valence-electron chi connectivity index (χ2n) is 23.4. The van der Waals surface area contributed by atoms with Crippen LogP contribution in [0.4, 0.5) is 0 Å². The van der Waals surface area contributed by atoms with Gasteiger partial charge in [-0.3, -0.25) is 14.4 Å². The third kappa shape index (κ3) is 65.8. The minimum atomic E-state index is -0.781. The van der Waals surface area contributed by atoms with Crippen molar-refractivity contribution in [2.75, 3.05) is 13.2 Å². The lowest BCUT2D eigenvalue weighted by Crippen LogP contribution is -2.30. The highest BCUT2D eigenvalue weighted by atomic mass is 16.6. The smallest absolute Gasteiger partial charge is 0.306 e. The lowest BCUT2D eigenvalue weighted by molar-refractivity contribution is -0.167. The monoisotopic (exact) mass is 1110 g/mol. The topological polar surface area (TPSA) is 78.9 Å². The van der Waals surface area contributed by atoms with Crippen LogP contribution >= 0.6 is 0 Å². The summed E-state index contributed by atoms with van der Waals surface area (Å²) in [4.78, 5) is 38.4. The molecule has 0 radical (unpaired) electrons. The molecule has 0 fully saturated rings. The molecule has 0 aliphatic carbocycles. The maximum absolute atomic E-state index is 12.9. The zero-order valence-corrected chi connectivity index (χ0v) is 52.9. The minimum absolute atomic E-state index is 0.0757. The van der Waals surface area contributed by atoms with Crippen molar-refractivity contribution < 1.29 is 28.6 Å². The molecule has 1 unspecified atom stereocenters. The van der Waals surface area contributed by atoms with Crippen molar-refractivity contribution in [1.82, 2.24) is 0 Å². The molecule has 0 aliphatic rings. The van der Waals surface area contributed by atoms with Crippen LogP contribution in [0.2, 0.25) is 0 Å². The Bertz CT molecular complexity index is 1410. The van der Waals surface area contributed by atoms with E-state index in [4.69, 9.17) is 14.2 Å². The molecule has 0 heterocycles. The first kappa shape index (κ1) is 76.1. The Morgan fingerprint density at radius 3 is 0.734 bits per heavy atom. The van der Waals surface area contributed by atoms with Crippen molar-refractivity contribution in [2.45, 2.75) is 374 Å². The third-order valence-corrected chi connectivity index (χ3v) is 15.5. The average molecular weight is 1110 g/mol. The fraction of sp³-hybridized carbons (Fsp3) is 0.822. The van der Waals surface area contributed by atoms with Crippen LogP contribution in [0, 0.1) is 0 Å². The largest absolute Gasteiger partial charge is 0.462 e. The van der Waals surface area contributed by atoms with Crippen molar-refractivity contribution >= 4 is 17.9 Å². The van der Waals surface area contributed by atoms with Gasteiger partial charge in [0.2, 0.25) is 0 Å². The number of hydrogen-bond acceptors (Lipinski definition) is 6. The van der Waals surface area contributed by atoms with Crippen molar-refractivity contribution in [2.24, 2.45) is 0 Å². The summed E-state index contributed by atoms with van der Waals surface area (Å²) in [5, 5.41) is 0. The van der Waals surface area contributed by atoms with Crippen LogP contribution in [0.3, 0.4) is 0 Å². The van der Waals surface area contributed by atoms with E-state index in [1.54, 1.807) is 0 Å². The van der Waals surface area contributed by atoms with Crippen molar-refractivity contribution in [3.63, 3.8) is 0 Å². The van der Waals surface area contributed by atoms with Gasteiger partial charge in [0.15, 0.2) is 6.10 Å². The van der Waals surface area contributed by atoms with Crippen molar-refractivity contribution in [1.29, 1.82) is 0 Å². The molecule has 0 aliphatic heterocycles. The number of hydrogen-bond donors (Lipinski definition) is 0. The second-order valence-corrected chi connectivity index (χ2v) is 23.4. The molecule has 6 nitrogen and oxygen atoms in total. The molecule has 6 heteroatoms. The van der Waals surface area contributed by atoms with Crippen LogP contribution < -0.4 is 0 Å². The van der Waals surface area contributed by atoms with E-state index in [0.29, 0.717) is 19.3 Å². The first-order valence-corrected chi connectivity index (χ1v) is 34.8. The van der Waals surface area contributed by atoms with Gasteiger partial charge < -0.3 is 14.2 Å². The Balaban J connectivity index is 4.33. The normalized spacial score (nSPS) is 12.4. The van der Waals surface area contributed by atoms with E-state index in [1.165, 1.54) is 244 Å². The van der Waals surface area contributed by atoms with E-state index in [2.05, 4.69) is 81.5 Å². The number of carbonyl (C=O) groups excluding carboxylic acids is 3. The molecule has 0 aromatic heterocycles. The Kier molecular flexibility index (Phi) is 65.1. The molecular weight excluding hydrogens is 973 g/mol. The van der Waals surface area contributed by atoms with Crippen molar-refractivity contribution in [3.8, 4) is 0 Å². The van der Waals surface area contributed by atoms with Gasteiger partial charge in [-0.2, -0.15) is 0 Å². The number of esters is 3. The maximum atomic E-state index is 12.9. The predicted molar refractivity (Wildman–Crippen MR) is 344 cm³/mol. The zero-order chi connectivity index (χ0) is 57.1. The summed E-state index contributed by atoms with van der Waals surface area (Å²) in [5.74, 6) is -0.865. The van der Waals surface area contributed by atoms with Gasteiger partial charge in [-0.25, -0.2) is 0 Å². The number of unbranched alkanes of at least 4 members (excludes halogenated alkanes) is 43. The highest BCUT2D eigenvalue weighted by Gasteiger charge is 2.19. The highest BCUT2D eigenvalue weighted by Crippen LogP contribution is 2.18. The summed E-state index contributed by atoms with van der Waals surface area (Å²) in [5.41, 5.74) is 0. The van der Waals surface area contributed by atoms with Gasteiger partial charge in [0.1, 0.15) is 13.2 Å². The van der Waals surface area contributed by atoms with Gasteiger partial charge in [-0.15, -0.1) is 0 Å². The van der Waals surface area contributed by atoms with Gasteiger partial charge in [-0.05, 0) is 89.9 Å². The lowest BCUT2D eigenvalue weighted by atomic mass is 10.0. The van der Waals surface area contributed by atoms with E-state index in [9.17, 15) is 14.4 Å². The highest BCUT2D eigenvalue weighted by molar-refractivity contribution is 5.71. The maximum Gasteiger partial charge on any atom is 0.306 e. The van der Waals surface area contributed by atoms with Gasteiger partial charge in [0, 0.05) is 19.3 Å². The summed E-state index contributed by atoms with van der Waals surface area (Å²) < 4.78 is 17.0. The molecule has 0 bridgehead atoms. The van der Waals surface area contributed by atoms with Crippen LogP contribution in [0.5, 0.6) is 0 Å². The average Bonchev–Trinajstić information content (AvgIpc) is 3.45. The summed E-state index contributed by atoms with van der Waals surface area (Å²) >= 11 is 0. The first-order valence-electron chi connectivity index (χ1n) is 34.8. The Labute approximate surface area is 491 Å². The number of carbonyl (C=O) groups is 3. The van der Waals surface area contributed by atoms with E-state index in [-0.39, 0.29) is 31.1 Å². The van der Waals surface area contributed by atoms with Gasteiger partial charge in [-0.1, -0.05) is 319 Å². The lowest BCUT2D eigenvalue weighted by Gasteiger charge is -2.18. The molecule has 1 atom stereocenters. The number of allylic oxidation sites excluding steroid dienone is 10. The SMILES string of the molecule is CCCCC/C=C\C/C=C\C/C=C\CCCCCCCCC(=O)OC(COC(=O)CCCCCCCCCCCCCCC/C=C\C/C=C\CCCCCCC)COC(=O)CCCCCCCCCCCCCCCCCCC. The molecule has 0 aromatic rings. The molecule has 460 valence electrons. The van der Waals surface area contributed by atoms with Crippen LogP contribution in [0.1, 0.15) is 367 Å². The van der Waals surface area contributed by atoms with Crippen LogP contribution in [0.15, 0.2) is 60.8 Å². The molecule has 0 aromatic carbocycles. The summed E-state index contributed by atoms with van der Waals surface area (Å²) in [6, 6.07) is 0. The van der Waals surface area contributed by atoms with Crippen LogP contribution in [-0.2, 0) is 28.6 Å². The van der Waals surface area contributed by atoms with Crippen LogP contribution in [0.25, 0.3) is 0 Å². The molecule has 0 amide bonds. The number of rotatable bonds is 64. The fourth-order valence-corrected chi connectivity index (χ4v) is 10.2. The molecule has 0 saturated heterocycles. The second kappa shape index (κ2) is 67.6. The van der Waals surface area contributed by atoms with Gasteiger partial charge in [0.05, 0.1) is 0 Å². The quantitative estimate of drug-likeness (QED) is 0.0261. The number of ether oxygens (including phenoxy) is 3. The minimum Gasteiger partial charge on any atom is -0.462 e. The van der Waals surface area contributed by atoms with E-state index >= 15 is 0 Å². The predicted octanol–water partition coefficient (Wildman–Crippen LogP) is 23.9. The fourth-order valence-electron chi connectivity index (χ4n) is 10.2. The molecule has 0 rings (SSSR count). The van der Waals surface area contributed by atoms with Gasteiger partial charge in [0.25, 0.3) is 0 Å². The molecule has 0 N–H and O–H groups in total. The van der Waals surface area contributed by atoms with E-state index < -0.39 is 6.10 Å². The Morgan fingerprint density at radius 2 is 0.456 bits per heavy atom. The van der Waals surface area contributed by atoms with Crippen LogP contribution in [-0.4, -0.2) is 37.2 Å².